The zero-order chi connectivity index (χ0) is 18.6. The minimum Gasteiger partial charge on any atom is -0.330 e. The molecule has 0 spiro atoms. The summed E-state index contributed by atoms with van der Waals surface area (Å²) < 4.78 is 15.0. The summed E-state index contributed by atoms with van der Waals surface area (Å²) in [6, 6.07) is 6.29. The van der Waals surface area contributed by atoms with Gasteiger partial charge in [0, 0.05) is 12.7 Å². The second kappa shape index (κ2) is 7.81. The van der Waals surface area contributed by atoms with Crippen LogP contribution in [0.3, 0.4) is 0 Å². The van der Waals surface area contributed by atoms with Gasteiger partial charge in [0.2, 0.25) is 5.91 Å². The summed E-state index contributed by atoms with van der Waals surface area (Å²) in [6.07, 6.45) is 4.24. The van der Waals surface area contributed by atoms with E-state index >= 15 is 0 Å². The number of aromatic nitrogens is 2. The van der Waals surface area contributed by atoms with Crippen molar-refractivity contribution in [3.05, 3.63) is 53.9 Å². The van der Waals surface area contributed by atoms with Gasteiger partial charge in [-0.15, -0.1) is 0 Å². The number of fused-ring (bicyclic) bond motifs is 1. The predicted molar refractivity (Wildman–Crippen MR) is 97.3 cm³/mol. The molecule has 0 bridgehead atoms. The lowest BCUT2D eigenvalue weighted by molar-refractivity contribution is -0.144. The van der Waals surface area contributed by atoms with Crippen LogP contribution in [0, 0.1) is 11.7 Å². The number of hydrogen-bond donors (Lipinski definition) is 0. The lowest BCUT2D eigenvalue weighted by atomic mass is 9.93. The smallest absolute Gasteiger partial charge is 0.249 e. The maximum absolute atomic E-state index is 13.0. The standard InChI is InChI=1S/C16H18FN3O.C4H10/c1-3-16(2)15(21)19(10-14-8-18-11-20(14)16)9-12-4-6-13(17)7-5-12;1-4(2)3/h4-8,11H,3,9-10H2,1-2H3;4H,1-3H3. The number of halogens is 1. The summed E-state index contributed by atoms with van der Waals surface area (Å²) in [5.74, 6) is 0.653. The average Bonchev–Trinajstić information content (AvgIpc) is 3.03. The molecule has 2 aromatic rings. The topological polar surface area (TPSA) is 38.1 Å². The maximum atomic E-state index is 13.0. The van der Waals surface area contributed by atoms with Crippen LogP contribution >= 0.6 is 0 Å². The molecule has 1 aromatic carbocycles. The first-order valence-corrected chi connectivity index (χ1v) is 8.83. The van der Waals surface area contributed by atoms with Crippen LogP contribution in [0.2, 0.25) is 0 Å². The number of amides is 1. The molecule has 2 heterocycles. The molecule has 25 heavy (non-hydrogen) atoms. The van der Waals surface area contributed by atoms with Crippen LogP contribution in [0.15, 0.2) is 36.8 Å². The Balaban J connectivity index is 0.000000511. The zero-order valence-electron chi connectivity index (χ0n) is 15.8. The molecule has 0 saturated heterocycles. The van der Waals surface area contributed by atoms with Gasteiger partial charge in [0.25, 0.3) is 0 Å². The van der Waals surface area contributed by atoms with Crippen LogP contribution in [-0.4, -0.2) is 20.4 Å². The first-order chi connectivity index (χ1) is 11.8. The summed E-state index contributed by atoms with van der Waals surface area (Å²) in [6.45, 7) is 11.5. The summed E-state index contributed by atoms with van der Waals surface area (Å²) in [7, 11) is 0. The van der Waals surface area contributed by atoms with E-state index in [1.807, 2.05) is 23.3 Å². The molecule has 0 fully saturated rings. The Morgan fingerprint density at radius 1 is 1.24 bits per heavy atom. The van der Waals surface area contributed by atoms with Gasteiger partial charge in [-0.1, -0.05) is 39.8 Å². The number of benzene rings is 1. The first-order valence-electron chi connectivity index (χ1n) is 8.83. The number of hydrogen-bond acceptors (Lipinski definition) is 2. The minimum atomic E-state index is -0.593. The average molecular weight is 345 g/mol. The molecule has 4 nitrogen and oxygen atoms in total. The fourth-order valence-corrected chi connectivity index (χ4v) is 2.85. The number of carbonyl (C=O) groups is 1. The Labute approximate surface area is 149 Å². The van der Waals surface area contributed by atoms with Crippen LogP contribution in [0.5, 0.6) is 0 Å². The van der Waals surface area contributed by atoms with Gasteiger partial charge in [-0.3, -0.25) is 4.79 Å². The number of imidazole rings is 1. The van der Waals surface area contributed by atoms with E-state index < -0.39 is 5.54 Å². The van der Waals surface area contributed by atoms with E-state index in [4.69, 9.17) is 0 Å². The van der Waals surface area contributed by atoms with Gasteiger partial charge in [0.15, 0.2) is 0 Å². The third-order valence-corrected chi connectivity index (χ3v) is 4.32. The lowest BCUT2D eigenvalue weighted by Gasteiger charge is -2.40. The largest absolute Gasteiger partial charge is 0.330 e. The fourth-order valence-electron chi connectivity index (χ4n) is 2.85. The molecule has 0 aliphatic carbocycles. The van der Waals surface area contributed by atoms with Gasteiger partial charge < -0.3 is 9.47 Å². The first kappa shape index (κ1) is 19.2. The molecule has 0 N–H and O–H groups in total. The highest BCUT2D eigenvalue weighted by Crippen LogP contribution is 2.31. The number of carbonyl (C=O) groups excluding carboxylic acids is 1. The quantitative estimate of drug-likeness (QED) is 0.829. The van der Waals surface area contributed by atoms with Crippen molar-refractivity contribution in [1.82, 2.24) is 14.5 Å². The molecule has 1 aliphatic rings. The van der Waals surface area contributed by atoms with E-state index in [-0.39, 0.29) is 11.7 Å². The van der Waals surface area contributed by atoms with Crippen LogP contribution in [-0.2, 0) is 23.4 Å². The van der Waals surface area contributed by atoms with Crippen LogP contribution < -0.4 is 0 Å². The molecule has 0 radical (unpaired) electrons. The van der Waals surface area contributed by atoms with Gasteiger partial charge in [-0.2, -0.15) is 0 Å². The molecule has 0 saturated carbocycles. The third kappa shape index (κ3) is 4.27. The molecule has 1 unspecified atom stereocenters. The molecule has 1 atom stereocenters. The summed E-state index contributed by atoms with van der Waals surface area (Å²) in [5, 5.41) is 0. The van der Waals surface area contributed by atoms with Crippen molar-refractivity contribution in [2.45, 2.75) is 59.7 Å². The number of rotatable bonds is 3. The van der Waals surface area contributed by atoms with E-state index in [9.17, 15) is 9.18 Å². The molecular formula is C20H28FN3O. The highest BCUT2D eigenvalue weighted by atomic mass is 19.1. The highest BCUT2D eigenvalue weighted by Gasteiger charge is 2.41. The van der Waals surface area contributed by atoms with Gasteiger partial charge in [0.05, 0.1) is 18.6 Å². The van der Waals surface area contributed by atoms with Gasteiger partial charge in [-0.05, 0) is 37.0 Å². The van der Waals surface area contributed by atoms with Crippen molar-refractivity contribution in [3.63, 3.8) is 0 Å². The van der Waals surface area contributed by atoms with Gasteiger partial charge in [0.1, 0.15) is 11.4 Å². The molecule has 1 aliphatic heterocycles. The second-order valence-corrected chi connectivity index (χ2v) is 7.40. The highest BCUT2D eigenvalue weighted by molar-refractivity contribution is 5.85. The molecule has 1 aromatic heterocycles. The molecular weight excluding hydrogens is 317 g/mol. The van der Waals surface area contributed by atoms with Crippen molar-refractivity contribution in [1.29, 1.82) is 0 Å². The summed E-state index contributed by atoms with van der Waals surface area (Å²) in [5.41, 5.74) is 1.36. The summed E-state index contributed by atoms with van der Waals surface area (Å²) >= 11 is 0. The van der Waals surface area contributed by atoms with E-state index in [1.165, 1.54) is 12.1 Å². The monoisotopic (exact) mass is 345 g/mol. The number of nitrogens with zero attached hydrogens (tertiary/aromatic N) is 3. The SMILES string of the molecule is CC(C)C.CCC1(C)C(=O)N(Cc2ccc(F)cc2)Cc2cncn21. The Bertz CT molecular complexity index is 705. The third-order valence-electron chi connectivity index (χ3n) is 4.32. The van der Waals surface area contributed by atoms with Crippen molar-refractivity contribution in [3.8, 4) is 0 Å². The van der Waals surface area contributed by atoms with Crippen molar-refractivity contribution in [2.24, 2.45) is 5.92 Å². The minimum absolute atomic E-state index is 0.0832. The Morgan fingerprint density at radius 3 is 2.40 bits per heavy atom. The molecule has 3 rings (SSSR count). The molecule has 1 amide bonds. The fraction of sp³-hybridized carbons (Fsp3) is 0.500. The normalized spacial score (nSPS) is 19.5. The summed E-state index contributed by atoms with van der Waals surface area (Å²) in [4.78, 5) is 18.8. The van der Waals surface area contributed by atoms with Crippen LogP contribution in [0.1, 0.15) is 52.3 Å². The van der Waals surface area contributed by atoms with Gasteiger partial charge in [-0.25, -0.2) is 9.37 Å². The van der Waals surface area contributed by atoms with Crippen molar-refractivity contribution >= 4 is 5.91 Å². The Morgan fingerprint density at radius 2 is 1.84 bits per heavy atom. The molecule has 5 heteroatoms. The lowest BCUT2D eigenvalue weighted by Crippen LogP contribution is -2.52. The molecule has 136 valence electrons. The zero-order valence-corrected chi connectivity index (χ0v) is 15.8. The van der Waals surface area contributed by atoms with Gasteiger partial charge >= 0.3 is 0 Å². The van der Waals surface area contributed by atoms with E-state index in [0.29, 0.717) is 19.5 Å². The Kier molecular flexibility index (Phi) is 5.98. The van der Waals surface area contributed by atoms with Crippen LogP contribution in [0.25, 0.3) is 0 Å². The van der Waals surface area contributed by atoms with Crippen LogP contribution in [0.4, 0.5) is 4.39 Å². The Hall–Kier alpha value is -2.17. The van der Waals surface area contributed by atoms with E-state index in [1.54, 1.807) is 24.7 Å². The maximum Gasteiger partial charge on any atom is 0.249 e. The van der Waals surface area contributed by atoms with Crippen molar-refractivity contribution in [2.75, 3.05) is 0 Å². The second-order valence-electron chi connectivity index (χ2n) is 7.40. The van der Waals surface area contributed by atoms with Crippen molar-refractivity contribution < 1.29 is 9.18 Å². The van der Waals surface area contributed by atoms with E-state index in [2.05, 4.69) is 25.8 Å². The predicted octanol–water partition coefficient (Wildman–Crippen LogP) is 4.35. The van der Waals surface area contributed by atoms with E-state index in [0.717, 1.165) is 17.2 Å².